The summed E-state index contributed by atoms with van der Waals surface area (Å²) in [5.41, 5.74) is 3.08. The van der Waals surface area contributed by atoms with Crippen molar-refractivity contribution >= 4 is 45.7 Å². The first-order chi connectivity index (χ1) is 16.1. The van der Waals surface area contributed by atoms with E-state index in [4.69, 9.17) is 16.3 Å². The number of halogens is 1. The molecule has 1 N–H and O–H groups in total. The highest BCUT2D eigenvalue weighted by Gasteiger charge is 2.17. The van der Waals surface area contributed by atoms with E-state index in [1.165, 1.54) is 11.3 Å². The summed E-state index contributed by atoms with van der Waals surface area (Å²) in [4.78, 5) is 17.1. The van der Waals surface area contributed by atoms with E-state index in [0.717, 1.165) is 21.2 Å². The average Bonchev–Trinajstić information content (AvgIpc) is 3.32. The fourth-order valence-electron chi connectivity index (χ4n) is 2.88. The number of benzene rings is 2. The van der Waals surface area contributed by atoms with Crippen molar-refractivity contribution in [2.75, 3.05) is 12.4 Å². The number of nitrogens with one attached hydrogen (secondary N) is 1. The minimum Gasteiger partial charge on any atom is -0.496 e. The smallest absolute Gasteiger partial charge is 0.258 e. The maximum atomic E-state index is 13.0. The first-order valence-corrected chi connectivity index (χ1v) is 12.4. The fourth-order valence-corrected chi connectivity index (χ4v) is 4.71. The Bertz CT molecular complexity index is 1200. The van der Waals surface area contributed by atoms with Gasteiger partial charge in [-0.05, 0) is 29.8 Å². The maximum absolute atomic E-state index is 13.0. The Hall–Kier alpha value is -2.94. The Morgan fingerprint density at radius 2 is 1.82 bits per heavy atom. The molecule has 9 heteroatoms. The minimum absolute atomic E-state index is 0.284. The topological polar surface area (TPSA) is 77.0 Å². The Balaban J connectivity index is 0.00000149. The Labute approximate surface area is 206 Å². The van der Waals surface area contributed by atoms with Crippen molar-refractivity contribution < 1.29 is 9.53 Å². The third-order valence-corrected chi connectivity index (χ3v) is 6.66. The molecule has 2 aromatic heterocycles. The zero-order valence-electron chi connectivity index (χ0n) is 18.4. The van der Waals surface area contributed by atoms with Gasteiger partial charge in [0.15, 0.2) is 4.34 Å². The summed E-state index contributed by atoms with van der Waals surface area (Å²) in [5.74, 6) is 1.12. The molecule has 2 aromatic carbocycles. The van der Waals surface area contributed by atoms with E-state index >= 15 is 0 Å². The number of carbonyl (C=O) groups excluding carboxylic acids is 1. The van der Waals surface area contributed by atoms with Crippen LogP contribution in [0.25, 0.3) is 11.1 Å². The number of pyridine rings is 1. The molecule has 0 bridgehead atoms. The number of thioether (sulfide) groups is 1. The van der Waals surface area contributed by atoms with Crippen molar-refractivity contribution in [3.05, 3.63) is 83.1 Å². The highest BCUT2D eigenvalue weighted by molar-refractivity contribution is 8.00. The Morgan fingerprint density at radius 1 is 1.06 bits per heavy atom. The zero-order chi connectivity index (χ0) is 23.6. The molecule has 6 nitrogen and oxygen atoms in total. The molecule has 0 aliphatic carbocycles. The van der Waals surface area contributed by atoms with Crippen LogP contribution in [0.5, 0.6) is 5.75 Å². The van der Waals surface area contributed by atoms with E-state index < -0.39 is 0 Å². The minimum atomic E-state index is -0.284. The van der Waals surface area contributed by atoms with Crippen LogP contribution in [0.2, 0.25) is 5.02 Å². The van der Waals surface area contributed by atoms with Gasteiger partial charge in [-0.15, -0.1) is 10.2 Å². The number of hydrogen-bond donors (Lipinski definition) is 1. The summed E-state index contributed by atoms with van der Waals surface area (Å²) in [7, 11) is 1.60. The highest BCUT2D eigenvalue weighted by atomic mass is 35.5. The molecule has 0 spiro atoms. The molecular formula is C24H23ClN4O2S2. The number of rotatable bonds is 7. The van der Waals surface area contributed by atoms with Gasteiger partial charge in [-0.2, -0.15) is 0 Å². The number of anilines is 1. The number of aromatic nitrogens is 3. The second kappa shape index (κ2) is 12.3. The molecule has 0 radical (unpaired) electrons. The molecule has 0 fully saturated rings. The number of nitrogens with zero attached hydrogens (tertiary/aromatic N) is 3. The predicted molar refractivity (Wildman–Crippen MR) is 136 cm³/mol. The lowest BCUT2D eigenvalue weighted by molar-refractivity contribution is 0.102. The Kier molecular flexibility index (Phi) is 9.24. The van der Waals surface area contributed by atoms with Crippen LogP contribution in [0.4, 0.5) is 5.13 Å². The number of para-hydroxylation sites is 1. The largest absolute Gasteiger partial charge is 0.496 e. The van der Waals surface area contributed by atoms with Crippen molar-refractivity contribution in [2.24, 2.45) is 0 Å². The van der Waals surface area contributed by atoms with Gasteiger partial charge in [0.25, 0.3) is 5.91 Å². The summed E-state index contributed by atoms with van der Waals surface area (Å²) >= 11 is 8.80. The Morgan fingerprint density at radius 3 is 2.58 bits per heavy atom. The van der Waals surface area contributed by atoms with Gasteiger partial charge in [-0.25, -0.2) is 0 Å². The van der Waals surface area contributed by atoms with Crippen LogP contribution in [0.3, 0.4) is 0 Å². The van der Waals surface area contributed by atoms with E-state index in [1.807, 2.05) is 62.4 Å². The molecule has 0 atom stereocenters. The fraction of sp³-hybridized carbons (Fsp3) is 0.167. The molecule has 4 rings (SSSR count). The van der Waals surface area contributed by atoms with E-state index in [9.17, 15) is 4.79 Å². The monoisotopic (exact) mass is 498 g/mol. The maximum Gasteiger partial charge on any atom is 0.258 e. The van der Waals surface area contributed by atoms with Crippen LogP contribution in [0.15, 0.2) is 71.3 Å². The third-order valence-electron chi connectivity index (χ3n) is 4.37. The van der Waals surface area contributed by atoms with Crippen LogP contribution in [0.1, 0.15) is 29.8 Å². The second-order valence-corrected chi connectivity index (χ2v) is 9.00. The SMILES string of the molecule is CC.COc1ccccc1-c1cnccc1C(=O)Nc1nnc(SCc2ccc(Cl)cc2)s1. The van der Waals surface area contributed by atoms with Gasteiger partial charge < -0.3 is 4.74 Å². The lowest BCUT2D eigenvalue weighted by Crippen LogP contribution is -2.13. The third kappa shape index (κ3) is 6.54. The van der Waals surface area contributed by atoms with Gasteiger partial charge >= 0.3 is 0 Å². The van der Waals surface area contributed by atoms with Crippen LogP contribution in [0, 0.1) is 0 Å². The molecule has 4 aromatic rings. The van der Waals surface area contributed by atoms with Crippen molar-refractivity contribution in [3.63, 3.8) is 0 Å². The number of methoxy groups -OCH3 is 1. The molecule has 33 heavy (non-hydrogen) atoms. The van der Waals surface area contributed by atoms with Gasteiger partial charge in [0.1, 0.15) is 5.75 Å². The molecule has 170 valence electrons. The summed E-state index contributed by atoms with van der Waals surface area (Å²) in [6.45, 7) is 4.00. The van der Waals surface area contributed by atoms with E-state index in [1.54, 1.807) is 37.3 Å². The zero-order valence-corrected chi connectivity index (χ0v) is 20.8. The molecule has 0 saturated carbocycles. The molecule has 0 aliphatic heterocycles. The number of amides is 1. The van der Waals surface area contributed by atoms with Gasteiger partial charge in [0.2, 0.25) is 5.13 Å². The second-order valence-electron chi connectivity index (χ2n) is 6.36. The van der Waals surface area contributed by atoms with Crippen molar-refractivity contribution in [2.45, 2.75) is 23.9 Å². The van der Waals surface area contributed by atoms with Gasteiger partial charge in [0.05, 0.1) is 12.7 Å². The van der Waals surface area contributed by atoms with E-state index in [-0.39, 0.29) is 5.91 Å². The molecule has 1 amide bonds. The van der Waals surface area contributed by atoms with Crippen molar-refractivity contribution in [3.8, 4) is 16.9 Å². The number of ether oxygens (including phenoxy) is 1. The lowest BCUT2D eigenvalue weighted by atomic mass is 10.0. The molecule has 0 unspecified atom stereocenters. The molecule has 0 saturated heterocycles. The van der Waals surface area contributed by atoms with Crippen LogP contribution in [-0.2, 0) is 5.75 Å². The average molecular weight is 499 g/mol. The first kappa shape index (κ1) is 24.7. The van der Waals surface area contributed by atoms with E-state index in [2.05, 4.69) is 20.5 Å². The summed E-state index contributed by atoms with van der Waals surface area (Å²) < 4.78 is 6.20. The lowest BCUT2D eigenvalue weighted by Gasteiger charge is -2.11. The summed E-state index contributed by atoms with van der Waals surface area (Å²) in [5, 5.41) is 12.2. The summed E-state index contributed by atoms with van der Waals surface area (Å²) in [6.07, 6.45) is 3.24. The van der Waals surface area contributed by atoms with Gasteiger partial charge in [-0.1, -0.05) is 78.9 Å². The summed E-state index contributed by atoms with van der Waals surface area (Å²) in [6, 6.07) is 16.8. The quantitative estimate of drug-likeness (QED) is 0.222. The first-order valence-electron chi connectivity index (χ1n) is 10.2. The standard InChI is InChI=1S/C22H17ClN4O2S2.C2H6/c1-29-19-5-3-2-4-16(19)18-12-24-11-10-17(18)20(28)25-21-26-27-22(31-21)30-13-14-6-8-15(23)9-7-14;1-2/h2-12H,13H2,1H3,(H,25,26,28);1-2H3. The van der Waals surface area contributed by atoms with Crippen LogP contribution < -0.4 is 10.1 Å². The van der Waals surface area contributed by atoms with Crippen LogP contribution >= 0.6 is 34.7 Å². The molecule has 2 heterocycles. The van der Waals surface area contributed by atoms with Crippen molar-refractivity contribution in [1.29, 1.82) is 0 Å². The number of hydrogen-bond acceptors (Lipinski definition) is 7. The van der Waals surface area contributed by atoms with Crippen molar-refractivity contribution in [1.82, 2.24) is 15.2 Å². The van der Waals surface area contributed by atoms with E-state index in [0.29, 0.717) is 27.0 Å². The van der Waals surface area contributed by atoms with Crippen LogP contribution in [-0.4, -0.2) is 28.2 Å². The number of carbonyl (C=O) groups is 1. The highest BCUT2D eigenvalue weighted by Crippen LogP contribution is 2.33. The molecular weight excluding hydrogens is 476 g/mol. The predicted octanol–water partition coefficient (Wildman–Crippen LogP) is 6.83. The van der Waals surface area contributed by atoms with Gasteiger partial charge in [0, 0.05) is 34.3 Å². The van der Waals surface area contributed by atoms with Gasteiger partial charge in [-0.3, -0.25) is 15.1 Å². The normalized spacial score (nSPS) is 10.2. The molecule has 0 aliphatic rings.